The van der Waals surface area contributed by atoms with E-state index in [0.717, 1.165) is 42.1 Å². The lowest BCUT2D eigenvalue weighted by molar-refractivity contribution is 0.0627. The Morgan fingerprint density at radius 1 is 1.31 bits per heavy atom. The number of halogens is 3. The minimum atomic E-state index is -0.247. The standard InChI is InChI=1S/C18H22FN3OS.2ClH/c1-12-17(18(23)22-9-3-2-4-15(22)11-20)24-16(21-12)10-13-5-7-14(19)8-6-13;;/h5-8,15H,2-4,9-11,20H2,1H3;2*1H. The van der Waals surface area contributed by atoms with E-state index in [1.54, 1.807) is 12.1 Å². The van der Waals surface area contributed by atoms with E-state index < -0.39 is 0 Å². The number of carbonyl (C=O) groups excluding carboxylic acids is 1. The fraction of sp³-hybridized carbons (Fsp3) is 0.444. The molecule has 1 aliphatic rings. The fourth-order valence-electron chi connectivity index (χ4n) is 3.15. The lowest BCUT2D eigenvalue weighted by atomic mass is 10.0. The maximum atomic E-state index is 13.0. The van der Waals surface area contributed by atoms with Crippen LogP contribution in [0, 0.1) is 12.7 Å². The fourth-order valence-corrected chi connectivity index (χ4v) is 4.20. The Hall–Kier alpha value is -1.21. The van der Waals surface area contributed by atoms with Crippen molar-refractivity contribution >= 4 is 42.1 Å². The molecule has 2 N–H and O–H groups in total. The molecule has 1 atom stereocenters. The monoisotopic (exact) mass is 419 g/mol. The Balaban J connectivity index is 0.00000169. The van der Waals surface area contributed by atoms with E-state index >= 15 is 0 Å². The predicted octanol–water partition coefficient (Wildman–Crippen LogP) is 3.98. The molecule has 0 bridgehead atoms. The molecule has 8 heteroatoms. The Bertz CT molecular complexity index is 724. The van der Waals surface area contributed by atoms with Gasteiger partial charge in [-0.2, -0.15) is 0 Å². The molecule has 26 heavy (non-hydrogen) atoms. The molecule has 2 aromatic rings. The molecule has 144 valence electrons. The van der Waals surface area contributed by atoms with Gasteiger partial charge in [0.05, 0.1) is 10.7 Å². The molecule has 1 unspecified atom stereocenters. The number of aromatic nitrogens is 1. The van der Waals surface area contributed by atoms with Crippen molar-refractivity contribution < 1.29 is 9.18 Å². The Morgan fingerprint density at radius 3 is 2.65 bits per heavy atom. The summed E-state index contributed by atoms with van der Waals surface area (Å²) in [6.07, 6.45) is 3.74. The van der Waals surface area contributed by atoms with Crippen molar-refractivity contribution in [2.45, 2.75) is 38.6 Å². The number of aryl methyl sites for hydroxylation is 1. The van der Waals surface area contributed by atoms with E-state index in [1.807, 2.05) is 11.8 Å². The van der Waals surface area contributed by atoms with E-state index in [1.165, 1.54) is 23.5 Å². The number of likely N-dealkylation sites (tertiary alicyclic amines) is 1. The minimum Gasteiger partial charge on any atom is -0.334 e. The molecular weight excluding hydrogens is 396 g/mol. The van der Waals surface area contributed by atoms with Crippen LogP contribution in [0.25, 0.3) is 0 Å². The maximum Gasteiger partial charge on any atom is 0.266 e. The topological polar surface area (TPSA) is 59.2 Å². The second kappa shape index (κ2) is 10.2. The van der Waals surface area contributed by atoms with Crippen LogP contribution in [0.15, 0.2) is 24.3 Å². The largest absolute Gasteiger partial charge is 0.334 e. The van der Waals surface area contributed by atoms with Crippen molar-refractivity contribution in [3.63, 3.8) is 0 Å². The van der Waals surface area contributed by atoms with Crippen LogP contribution in [0.1, 0.15) is 45.2 Å². The van der Waals surface area contributed by atoms with Crippen LogP contribution in [0.5, 0.6) is 0 Å². The number of benzene rings is 1. The van der Waals surface area contributed by atoms with Gasteiger partial charge in [-0.1, -0.05) is 12.1 Å². The van der Waals surface area contributed by atoms with Gasteiger partial charge in [0.15, 0.2) is 0 Å². The summed E-state index contributed by atoms with van der Waals surface area (Å²) in [5, 5.41) is 0.878. The highest BCUT2D eigenvalue weighted by molar-refractivity contribution is 7.13. The van der Waals surface area contributed by atoms with Gasteiger partial charge in [-0.25, -0.2) is 9.37 Å². The van der Waals surface area contributed by atoms with E-state index in [-0.39, 0.29) is 42.6 Å². The molecule has 0 radical (unpaired) electrons. The quantitative estimate of drug-likeness (QED) is 0.814. The third-order valence-corrected chi connectivity index (χ3v) is 5.61. The molecular formula is C18H24Cl2FN3OS. The maximum absolute atomic E-state index is 13.0. The molecule has 1 aliphatic heterocycles. The minimum absolute atomic E-state index is 0. The summed E-state index contributed by atoms with van der Waals surface area (Å²) in [7, 11) is 0. The second-order valence-electron chi connectivity index (χ2n) is 6.21. The number of piperidine rings is 1. The molecule has 0 spiro atoms. The molecule has 3 rings (SSSR count). The van der Waals surface area contributed by atoms with Crippen LogP contribution in [0.3, 0.4) is 0 Å². The molecule has 4 nitrogen and oxygen atoms in total. The highest BCUT2D eigenvalue weighted by Crippen LogP contribution is 2.26. The van der Waals surface area contributed by atoms with Gasteiger partial charge in [0.1, 0.15) is 10.7 Å². The molecule has 1 amide bonds. The van der Waals surface area contributed by atoms with Gasteiger partial charge in [0, 0.05) is 25.6 Å². The van der Waals surface area contributed by atoms with Crippen LogP contribution in [0.4, 0.5) is 4.39 Å². The first-order valence-corrected chi connectivity index (χ1v) is 9.12. The zero-order valence-corrected chi connectivity index (χ0v) is 17.1. The number of amides is 1. The summed E-state index contributed by atoms with van der Waals surface area (Å²) in [5.74, 6) is -0.201. The summed E-state index contributed by atoms with van der Waals surface area (Å²) in [6, 6.07) is 6.53. The lowest BCUT2D eigenvalue weighted by Gasteiger charge is -2.34. The van der Waals surface area contributed by atoms with Crippen molar-refractivity contribution in [3.05, 3.63) is 51.2 Å². The van der Waals surface area contributed by atoms with Crippen LogP contribution >= 0.6 is 36.2 Å². The number of hydrogen-bond acceptors (Lipinski definition) is 4. The normalized spacial score (nSPS) is 16.6. The van der Waals surface area contributed by atoms with E-state index in [2.05, 4.69) is 4.98 Å². The van der Waals surface area contributed by atoms with Gasteiger partial charge in [0.25, 0.3) is 5.91 Å². The second-order valence-corrected chi connectivity index (χ2v) is 7.29. The summed E-state index contributed by atoms with van der Waals surface area (Å²) in [6.45, 7) is 3.15. The van der Waals surface area contributed by atoms with Gasteiger partial charge in [-0.05, 0) is 43.9 Å². The van der Waals surface area contributed by atoms with Crippen molar-refractivity contribution in [2.75, 3.05) is 13.1 Å². The van der Waals surface area contributed by atoms with Crippen LogP contribution in [-0.2, 0) is 6.42 Å². The molecule has 0 saturated carbocycles. The third-order valence-electron chi connectivity index (χ3n) is 4.46. The Labute approximate surface area is 169 Å². The molecule has 1 fully saturated rings. The van der Waals surface area contributed by atoms with Crippen molar-refractivity contribution in [2.24, 2.45) is 5.73 Å². The summed E-state index contributed by atoms with van der Waals surface area (Å²) >= 11 is 1.44. The van der Waals surface area contributed by atoms with Gasteiger partial charge < -0.3 is 10.6 Å². The average molecular weight is 420 g/mol. The van der Waals surface area contributed by atoms with E-state index in [4.69, 9.17) is 5.73 Å². The molecule has 0 aliphatic carbocycles. The van der Waals surface area contributed by atoms with Crippen LogP contribution in [-0.4, -0.2) is 34.9 Å². The van der Waals surface area contributed by atoms with Gasteiger partial charge >= 0.3 is 0 Å². The number of hydrogen-bond donors (Lipinski definition) is 1. The smallest absolute Gasteiger partial charge is 0.266 e. The summed E-state index contributed by atoms with van der Waals surface area (Å²) in [4.78, 5) is 20.0. The Kier molecular flexibility index (Phi) is 8.96. The molecule has 2 heterocycles. The number of nitrogens with zero attached hydrogens (tertiary/aromatic N) is 2. The summed E-state index contributed by atoms with van der Waals surface area (Å²) < 4.78 is 13.0. The molecule has 1 aromatic heterocycles. The lowest BCUT2D eigenvalue weighted by Crippen LogP contribution is -2.47. The van der Waals surface area contributed by atoms with Gasteiger partial charge in [0.2, 0.25) is 0 Å². The highest BCUT2D eigenvalue weighted by atomic mass is 35.5. The number of rotatable bonds is 4. The van der Waals surface area contributed by atoms with Gasteiger partial charge in [-0.3, -0.25) is 4.79 Å². The van der Waals surface area contributed by atoms with E-state index in [9.17, 15) is 9.18 Å². The first-order valence-electron chi connectivity index (χ1n) is 8.30. The third kappa shape index (κ3) is 5.16. The first-order chi connectivity index (χ1) is 11.6. The van der Waals surface area contributed by atoms with Crippen molar-refractivity contribution in [1.29, 1.82) is 0 Å². The van der Waals surface area contributed by atoms with Crippen molar-refractivity contribution in [3.8, 4) is 0 Å². The zero-order valence-electron chi connectivity index (χ0n) is 14.6. The predicted molar refractivity (Wildman–Crippen MR) is 108 cm³/mol. The molecule has 1 aromatic carbocycles. The molecule has 1 saturated heterocycles. The van der Waals surface area contributed by atoms with E-state index in [0.29, 0.717) is 17.8 Å². The first kappa shape index (κ1) is 22.8. The highest BCUT2D eigenvalue weighted by Gasteiger charge is 2.29. The van der Waals surface area contributed by atoms with Crippen LogP contribution in [0.2, 0.25) is 0 Å². The Morgan fingerprint density at radius 2 is 2.00 bits per heavy atom. The zero-order chi connectivity index (χ0) is 17.1. The van der Waals surface area contributed by atoms with Crippen molar-refractivity contribution in [1.82, 2.24) is 9.88 Å². The SMILES string of the molecule is Cc1nc(Cc2ccc(F)cc2)sc1C(=O)N1CCCCC1CN.Cl.Cl. The average Bonchev–Trinajstić information content (AvgIpc) is 2.96. The number of nitrogens with two attached hydrogens (primary N) is 1. The number of carbonyl (C=O) groups is 1. The van der Waals surface area contributed by atoms with Gasteiger partial charge in [-0.15, -0.1) is 36.2 Å². The summed E-state index contributed by atoms with van der Waals surface area (Å²) in [5.41, 5.74) is 7.59. The van der Waals surface area contributed by atoms with Crippen LogP contribution < -0.4 is 5.73 Å². The number of thiazole rings is 1.